The number of hydrogen-bond acceptors (Lipinski definition) is 6. The number of rotatable bonds is 6. The Morgan fingerprint density at radius 2 is 1.76 bits per heavy atom. The van der Waals surface area contributed by atoms with Gasteiger partial charge in [-0.25, -0.2) is 4.79 Å². The minimum Gasteiger partial charge on any atom is -0.497 e. The van der Waals surface area contributed by atoms with Gasteiger partial charge in [-0.3, -0.25) is 19.3 Å². The van der Waals surface area contributed by atoms with Gasteiger partial charge in [-0.15, -0.1) is 0 Å². The number of nitrogens with one attached hydrogen (secondary N) is 1. The van der Waals surface area contributed by atoms with Crippen LogP contribution in [0, 0.1) is 17.8 Å². The summed E-state index contributed by atoms with van der Waals surface area (Å²) in [5.41, 5.74) is 1.05. The first-order valence-corrected chi connectivity index (χ1v) is 11.0. The first-order chi connectivity index (χ1) is 15.9. The van der Waals surface area contributed by atoms with Gasteiger partial charge in [-0.1, -0.05) is 13.0 Å². The third-order valence-electron chi connectivity index (χ3n) is 6.24. The number of hydrogen-bond donors (Lipinski definition) is 1. The van der Waals surface area contributed by atoms with E-state index in [0.717, 1.165) is 6.42 Å². The number of esters is 1. The summed E-state index contributed by atoms with van der Waals surface area (Å²) in [4.78, 5) is 51.6. The summed E-state index contributed by atoms with van der Waals surface area (Å²) in [5.74, 6) is -1.14. The van der Waals surface area contributed by atoms with Crippen molar-refractivity contribution in [2.24, 2.45) is 17.8 Å². The Kier molecular flexibility index (Phi) is 6.44. The number of anilines is 2. The lowest BCUT2D eigenvalue weighted by Gasteiger charge is -2.25. The molecule has 3 amide bonds. The fourth-order valence-corrected chi connectivity index (χ4v) is 4.50. The maximum absolute atomic E-state index is 12.9. The van der Waals surface area contributed by atoms with E-state index < -0.39 is 18.5 Å². The summed E-state index contributed by atoms with van der Waals surface area (Å²) >= 11 is 0. The number of benzene rings is 2. The van der Waals surface area contributed by atoms with E-state index in [-0.39, 0.29) is 29.2 Å². The number of carbonyl (C=O) groups is 4. The van der Waals surface area contributed by atoms with Crippen LogP contribution in [0.5, 0.6) is 5.75 Å². The topological polar surface area (TPSA) is 102 Å². The van der Waals surface area contributed by atoms with Crippen LogP contribution in [0.1, 0.15) is 36.5 Å². The van der Waals surface area contributed by atoms with Crippen molar-refractivity contribution in [3.05, 3.63) is 54.1 Å². The van der Waals surface area contributed by atoms with E-state index in [0.29, 0.717) is 35.9 Å². The van der Waals surface area contributed by atoms with Crippen LogP contribution in [0.2, 0.25) is 0 Å². The zero-order valence-electron chi connectivity index (χ0n) is 18.6. The quantitative estimate of drug-likeness (QED) is 0.535. The largest absolute Gasteiger partial charge is 0.497 e. The molecule has 0 unspecified atom stereocenters. The van der Waals surface area contributed by atoms with Crippen LogP contribution in [-0.4, -0.2) is 37.4 Å². The van der Waals surface area contributed by atoms with Gasteiger partial charge in [0.2, 0.25) is 11.8 Å². The minimum atomic E-state index is -0.716. The highest BCUT2D eigenvalue weighted by atomic mass is 16.5. The first-order valence-electron chi connectivity index (χ1n) is 11.0. The molecule has 2 aromatic rings. The highest BCUT2D eigenvalue weighted by molar-refractivity contribution is 6.22. The van der Waals surface area contributed by atoms with E-state index in [9.17, 15) is 19.2 Å². The maximum atomic E-state index is 12.9. The highest BCUT2D eigenvalue weighted by Gasteiger charge is 2.50. The van der Waals surface area contributed by atoms with E-state index in [2.05, 4.69) is 12.2 Å². The summed E-state index contributed by atoms with van der Waals surface area (Å²) in [6.45, 7) is 1.62. The monoisotopic (exact) mass is 450 g/mol. The number of imide groups is 1. The Morgan fingerprint density at radius 1 is 1.03 bits per heavy atom. The van der Waals surface area contributed by atoms with Crippen LogP contribution in [0.3, 0.4) is 0 Å². The minimum absolute atomic E-state index is 0.161. The smallest absolute Gasteiger partial charge is 0.338 e. The molecule has 33 heavy (non-hydrogen) atoms. The van der Waals surface area contributed by atoms with Crippen LogP contribution in [0.4, 0.5) is 11.4 Å². The molecule has 3 atom stereocenters. The molecule has 8 nitrogen and oxygen atoms in total. The summed E-state index contributed by atoms with van der Waals surface area (Å²) in [6.07, 6.45) is 2.34. The molecule has 1 heterocycles. The predicted molar refractivity (Wildman–Crippen MR) is 121 cm³/mol. The fourth-order valence-electron chi connectivity index (χ4n) is 4.50. The van der Waals surface area contributed by atoms with Crippen LogP contribution >= 0.6 is 0 Å². The van der Waals surface area contributed by atoms with E-state index >= 15 is 0 Å². The fraction of sp³-hybridized carbons (Fsp3) is 0.360. The van der Waals surface area contributed by atoms with Crippen molar-refractivity contribution in [1.82, 2.24) is 0 Å². The Bertz CT molecular complexity index is 1080. The Balaban J connectivity index is 1.39. The number of ether oxygens (including phenoxy) is 2. The standard InChI is InChI=1S/C25H26N2O6/c1-15-6-11-20-21(12-15)24(30)27(23(20)29)18-5-3-4-16(13-18)25(31)33-14-22(28)26-17-7-9-19(32-2)10-8-17/h3-5,7-10,13,15,20-21H,6,11-12,14H2,1-2H3,(H,26,28)/t15-,20-,21-/m1/s1. The van der Waals surface area contributed by atoms with Crippen LogP contribution in [-0.2, 0) is 19.1 Å². The summed E-state index contributed by atoms with van der Waals surface area (Å²) in [6, 6.07) is 12.9. The SMILES string of the molecule is COc1ccc(NC(=O)COC(=O)c2cccc(N3C(=O)[C@@H]4CC[C@@H](C)C[C@H]4C3=O)c2)cc1. The molecule has 8 heteroatoms. The summed E-state index contributed by atoms with van der Waals surface area (Å²) < 4.78 is 10.2. The molecule has 0 spiro atoms. The van der Waals surface area contributed by atoms with Crippen LogP contribution in [0.25, 0.3) is 0 Å². The van der Waals surface area contributed by atoms with E-state index in [1.165, 1.54) is 17.0 Å². The summed E-state index contributed by atoms with van der Waals surface area (Å²) in [7, 11) is 1.55. The zero-order chi connectivity index (χ0) is 23.5. The van der Waals surface area contributed by atoms with Crippen molar-refractivity contribution in [2.75, 3.05) is 23.9 Å². The predicted octanol–water partition coefficient (Wildman–Crippen LogP) is 3.42. The molecule has 1 aliphatic heterocycles. The van der Waals surface area contributed by atoms with Crippen molar-refractivity contribution in [1.29, 1.82) is 0 Å². The molecule has 0 radical (unpaired) electrons. The van der Waals surface area contributed by atoms with Gasteiger partial charge in [-0.05, 0) is 67.6 Å². The van der Waals surface area contributed by atoms with Crippen molar-refractivity contribution in [2.45, 2.75) is 26.2 Å². The van der Waals surface area contributed by atoms with Crippen LogP contribution < -0.4 is 15.0 Å². The second-order valence-corrected chi connectivity index (χ2v) is 8.55. The molecule has 1 saturated heterocycles. The first kappa shape index (κ1) is 22.5. The van der Waals surface area contributed by atoms with Crippen LogP contribution in [0.15, 0.2) is 48.5 Å². The molecule has 1 saturated carbocycles. The third-order valence-corrected chi connectivity index (χ3v) is 6.24. The highest BCUT2D eigenvalue weighted by Crippen LogP contribution is 2.42. The molecule has 2 aromatic carbocycles. The Hall–Kier alpha value is -3.68. The third kappa shape index (κ3) is 4.74. The number of fused-ring (bicyclic) bond motifs is 1. The Morgan fingerprint density at radius 3 is 2.48 bits per heavy atom. The molecule has 2 aliphatic rings. The van der Waals surface area contributed by atoms with Gasteiger partial charge < -0.3 is 14.8 Å². The molecule has 1 aliphatic carbocycles. The second kappa shape index (κ2) is 9.44. The van der Waals surface area contributed by atoms with Gasteiger partial charge in [0.1, 0.15) is 5.75 Å². The molecule has 0 aromatic heterocycles. The van der Waals surface area contributed by atoms with Crippen molar-refractivity contribution < 1.29 is 28.7 Å². The van der Waals surface area contributed by atoms with Gasteiger partial charge in [-0.2, -0.15) is 0 Å². The molecule has 1 N–H and O–H groups in total. The number of carbonyl (C=O) groups excluding carboxylic acids is 4. The maximum Gasteiger partial charge on any atom is 0.338 e. The lowest BCUT2D eigenvalue weighted by molar-refractivity contribution is -0.122. The normalized spacial score (nSPS) is 22.0. The summed E-state index contributed by atoms with van der Waals surface area (Å²) in [5, 5.41) is 2.63. The number of nitrogens with zero attached hydrogens (tertiary/aromatic N) is 1. The van der Waals surface area contributed by atoms with E-state index in [4.69, 9.17) is 9.47 Å². The molecular formula is C25H26N2O6. The van der Waals surface area contributed by atoms with Gasteiger partial charge in [0.25, 0.3) is 5.91 Å². The average molecular weight is 450 g/mol. The number of amides is 3. The second-order valence-electron chi connectivity index (χ2n) is 8.55. The van der Waals surface area contributed by atoms with Crippen molar-refractivity contribution in [3.63, 3.8) is 0 Å². The zero-order valence-corrected chi connectivity index (χ0v) is 18.6. The Labute approximate surface area is 191 Å². The lowest BCUT2D eigenvalue weighted by atomic mass is 9.76. The lowest BCUT2D eigenvalue weighted by Crippen LogP contribution is -2.31. The molecule has 4 rings (SSSR count). The van der Waals surface area contributed by atoms with Gasteiger partial charge in [0.15, 0.2) is 6.61 Å². The average Bonchev–Trinajstić information content (AvgIpc) is 3.07. The molecule has 2 fully saturated rings. The molecular weight excluding hydrogens is 424 g/mol. The van der Waals surface area contributed by atoms with Gasteiger partial charge in [0.05, 0.1) is 30.2 Å². The van der Waals surface area contributed by atoms with E-state index in [1.807, 2.05) is 0 Å². The molecule has 172 valence electrons. The van der Waals surface area contributed by atoms with Crippen molar-refractivity contribution >= 4 is 35.1 Å². The van der Waals surface area contributed by atoms with E-state index in [1.54, 1.807) is 43.5 Å². The van der Waals surface area contributed by atoms with Crippen molar-refractivity contribution in [3.8, 4) is 5.75 Å². The molecule has 0 bridgehead atoms. The van der Waals surface area contributed by atoms with Gasteiger partial charge in [0, 0.05) is 5.69 Å². The number of methoxy groups -OCH3 is 1. The van der Waals surface area contributed by atoms with Gasteiger partial charge >= 0.3 is 5.97 Å².